The molecule has 0 saturated carbocycles. The van der Waals surface area contributed by atoms with Crippen LogP contribution in [-0.4, -0.2) is 42.8 Å². The van der Waals surface area contributed by atoms with Gasteiger partial charge < -0.3 is 20.1 Å². The number of nitrogens with one attached hydrogen (secondary N) is 2. The predicted octanol–water partition coefficient (Wildman–Crippen LogP) is 3.37. The Kier molecular flexibility index (Phi) is 9.41. The molecule has 0 saturated heterocycles. The average Bonchev–Trinajstić information content (AvgIpc) is 2.78. The van der Waals surface area contributed by atoms with Crippen molar-refractivity contribution in [2.75, 3.05) is 18.5 Å². The van der Waals surface area contributed by atoms with Gasteiger partial charge in [-0.1, -0.05) is 25.5 Å². The van der Waals surface area contributed by atoms with Crippen LogP contribution >= 0.6 is 0 Å². The maximum Gasteiger partial charge on any atom is 0.326 e. The molecule has 0 aliphatic rings. The van der Waals surface area contributed by atoms with Gasteiger partial charge in [0.05, 0.1) is 12.3 Å². The fraction of sp³-hybridized carbons (Fsp3) is 0.333. The number of Topliss-reactive ketones (excluding diaryl/α,β-unsaturated/α-hetero) is 1. The molecule has 2 aromatic carbocycles. The third-order valence-electron chi connectivity index (χ3n) is 4.52. The van der Waals surface area contributed by atoms with Gasteiger partial charge in [-0.2, -0.15) is 0 Å². The number of rotatable bonds is 11. The number of hydrogen-bond donors (Lipinski definition) is 2. The molecule has 2 N–H and O–H groups in total. The lowest BCUT2D eigenvalue weighted by molar-refractivity contribution is -0.152. The second-order valence-corrected chi connectivity index (χ2v) is 7.13. The minimum Gasteiger partial charge on any atom is -0.494 e. The summed E-state index contributed by atoms with van der Waals surface area (Å²) in [7, 11) is 0. The maximum atomic E-state index is 12.3. The van der Waals surface area contributed by atoms with Crippen LogP contribution < -0.4 is 15.4 Å². The monoisotopic (exact) mass is 440 g/mol. The van der Waals surface area contributed by atoms with Crippen LogP contribution in [0.1, 0.15) is 54.3 Å². The van der Waals surface area contributed by atoms with E-state index in [1.165, 1.54) is 13.8 Å². The highest BCUT2D eigenvalue weighted by Gasteiger charge is 2.20. The minimum atomic E-state index is -1.11. The summed E-state index contributed by atoms with van der Waals surface area (Å²) in [5, 5.41) is 5.03. The largest absolute Gasteiger partial charge is 0.494 e. The van der Waals surface area contributed by atoms with E-state index in [-0.39, 0.29) is 5.78 Å². The second-order valence-electron chi connectivity index (χ2n) is 7.13. The van der Waals surface area contributed by atoms with Crippen LogP contribution in [0.2, 0.25) is 0 Å². The van der Waals surface area contributed by atoms with Crippen LogP contribution in [0.25, 0.3) is 0 Å². The summed E-state index contributed by atoms with van der Waals surface area (Å²) in [4.78, 5) is 48.2. The first-order valence-corrected chi connectivity index (χ1v) is 10.4. The van der Waals surface area contributed by atoms with Gasteiger partial charge in [-0.05, 0) is 56.7 Å². The summed E-state index contributed by atoms with van der Waals surface area (Å²) in [5.74, 6) is -1.33. The van der Waals surface area contributed by atoms with Crippen LogP contribution in [0.15, 0.2) is 48.5 Å². The quantitative estimate of drug-likeness (QED) is 0.315. The molecule has 8 heteroatoms. The number of esters is 1. The minimum absolute atomic E-state index is 0.200. The van der Waals surface area contributed by atoms with E-state index in [4.69, 9.17) is 9.47 Å². The lowest BCUT2D eigenvalue weighted by Gasteiger charge is -2.15. The smallest absolute Gasteiger partial charge is 0.326 e. The summed E-state index contributed by atoms with van der Waals surface area (Å²) in [6, 6.07) is 13.1. The summed E-state index contributed by atoms with van der Waals surface area (Å²) >= 11 is 0. The molecule has 170 valence electrons. The fourth-order valence-electron chi connectivity index (χ4n) is 2.72. The maximum absolute atomic E-state index is 12.3. The van der Waals surface area contributed by atoms with Crippen molar-refractivity contribution < 1.29 is 28.7 Å². The molecule has 0 fully saturated rings. The van der Waals surface area contributed by atoms with E-state index < -0.39 is 30.4 Å². The van der Waals surface area contributed by atoms with E-state index in [1.54, 1.807) is 48.5 Å². The summed E-state index contributed by atoms with van der Waals surface area (Å²) in [6.07, 6.45) is 0.867. The predicted molar refractivity (Wildman–Crippen MR) is 120 cm³/mol. The zero-order valence-electron chi connectivity index (χ0n) is 18.5. The van der Waals surface area contributed by atoms with E-state index >= 15 is 0 Å². The van der Waals surface area contributed by atoms with Crippen molar-refractivity contribution in [2.24, 2.45) is 0 Å². The van der Waals surface area contributed by atoms with Gasteiger partial charge in [-0.15, -0.1) is 0 Å². The first-order chi connectivity index (χ1) is 15.3. The molecule has 2 aromatic rings. The number of benzene rings is 2. The number of ketones is 1. The number of unbranched alkanes of at least 4 members (excludes halogenated alkanes) is 1. The number of ether oxygens (including phenoxy) is 2. The van der Waals surface area contributed by atoms with Gasteiger partial charge in [-0.3, -0.25) is 19.2 Å². The lowest BCUT2D eigenvalue weighted by atomic mass is 10.1. The topological polar surface area (TPSA) is 111 Å². The Labute approximate surface area is 187 Å². The molecular formula is C24H28N2O6. The number of para-hydroxylation sites is 1. The molecule has 32 heavy (non-hydrogen) atoms. The number of carbonyl (C=O) groups is 4. The Balaban J connectivity index is 1.81. The van der Waals surface area contributed by atoms with E-state index in [9.17, 15) is 19.2 Å². The first-order valence-electron chi connectivity index (χ1n) is 10.4. The summed E-state index contributed by atoms with van der Waals surface area (Å²) in [6.45, 7) is 5.09. The Morgan fingerprint density at radius 3 is 2.34 bits per heavy atom. The molecule has 0 aliphatic carbocycles. The highest BCUT2D eigenvalue weighted by atomic mass is 16.5. The fourth-order valence-corrected chi connectivity index (χ4v) is 2.72. The normalized spacial score (nSPS) is 11.2. The van der Waals surface area contributed by atoms with Crippen molar-refractivity contribution in [1.82, 2.24) is 5.32 Å². The molecule has 2 amide bonds. The Morgan fingerprint density at radius 1 is 1.00 bits per heavy atom. The van der Waals surface area contributed by atoms with Crippen LogP contribution in [0.4, 0.5) is 5.69 Å². The molecule has 0 radical (unpaired) electrons. The third kappa shape index (κ3) is 7.54. The molecule has 0 spiro atoms. The van der Waals surface area contributed by atoms with Gasteiger partial charge in [0, 0.05) is 11.1 Å². The molecule has 0 aliphatic heterocycles. The van der Waals surface area contributed by atoms with Gasteiger partial charge in [0.25, 0.3) is 11.8 Å². The molecular weight excluding hydrogens is 412 g/mol. The molecule has 8 nitrogen and oxygen atoms in total. The first kappa shape index (κ1) is 24.6. The van der Waals surface area contributed by atoms with Gasteiger partial charge in [0.2, 0.25) is 0 Å². The molecule has 1 unspecified atom stereocenters. The SMILES string of the molecule is CCCCOc1ccc(C(=O)NCC(=O)OC(C)C(=O)Nc2ccccc2C(C)=O)cc1. The highest BCUT2D eigenvalue weighted by Crippen LogP contribution is 2.16. The van der Waals surface area contributed by atoms with Gasteiger partial charge in [-0.25, -0.2) is 0 Å². The van der Waals surface area contributed by atoms with Crippen molar-refractivity contribution in [1.29, 1.82) is 0 Å². The van der Waals surface area contributed by atoms with Crippen molar-refractivity contribution in [3.05, 3.63) is 59.7 Å². The third-order valence-corrected chi connectivity index (χ3v) is 4.52. The Bertz CT molecular complexity index is 955. The van der Waals surface area contributed by atoms with Gasteiger partial charge in [0.15, 0.2) is 11.9 Å². The van der Waals surface area contributed by atoms with E-state index in [0.29, 0.717) is 29.2 Å². The zero-order valence-corrected chi connectivity index (χ0v) is 18.5. The van der Waals surface area contributed by atoms with Crippen LogP contribution in [-0.2, 0) is 14.3 Å². The van der Waals surface area contributed by atoms with E-state index in [2.05, 4.69) is 17.6 Å². The second kappa shape index (κ2) is 12.2. The number of anilines is 1. The highest BCUT2D eigenvalue weighted by molar-refractivity contribution is 6.04. The molecule has 2 rings (SSSR count). The molecule has 0 heterocycles. The van der Waals surface area contributed by atoms with Gasteiger partial charge >= 0.3 is 5.97 Å². The lowest BCUT2D eigenvalue weighted by Crippen LogP contribution is -2.36. The van der Waals surface area contributed by atoms with Crippen LogP contribution in [0.5, 0.6) is 5.75 Å². The number of carbonyl (C=O) groups excluding carboxylic acids is 4. The van der Waals surface area contributed by atoms with Crippen molar-refractivity contribution in [3.8, 4) is 5.75 Å². The zero-order chi connectivity index (χ0) is 23.5. The van der Waals surface area contributed by atoms with Crippen LogP contribution in [0, 0.1) is 0 Å². The number of hydrogen-bond acceptors (Lipinski definition) is 6. The van der Waals surface area contributed by atoms with E-state index in [0.717, 1.165) is 12.8 Å². The standard InChI is InChI=1S/C24H28N2O6/c1-4-5-14-31-19-12-10-18(11-13-19)24(30)25-15-22(28)32-17(3)23(29)26-21-9-7-6-8-20(21)16(2)27/h6-13,17H,4-5,14-15H2,1-3H3,(H,25,30)(H,26,29). The number of amides is 2. The summed E-state index contributed by atoms with van der Waals surface area (Å²) < 4.78 is 10.6. The van der Waals surface area contributed by atoms with Crippen molar-refractivity contribution >= 4 is 29.3 Å². The van der Waals surface area contributed by atoms with Crippen LogP contribution in [0.3, 0.4) is 0 Å². The summed E-state index contributed by atoms with van der Waals surface area (Å²) in [5.41, 5.74) is 1.06. The van der Waals surface area contributed by atoms with Crippen molar-refractivity contribution in [2.45, 2.75) is 39.7 Å². The van der Waals surface area contributed by atoms with Crippen molar-refractivity contribution in [3.63, 3.8) is 0 Å². The molecule has 0 bridgehead atoms. The van der Waals surface area contributed by atoms with Gasteiger partial charge in [0.1, 0.15) is 12.3 Å². The molecule has 1 atom stereocenters. The Hall–Kier alpha value is -3.68. The Morgan fingerprint density at radius 2 is 1.69 bits per heavy atom. The molecule has 0 aromatic heterocycles. The average molecular weight is 440 g/mol. The van der Waals surface area contributed by atoms with E-state index in [1.807, 2.05) is 0 Å².